The van der Waals surface area contributed by atoms with Gasteiger partial charge in [0.2, 0.25) is 11.1 Å². The summed E-state index contributed by atoms with van der Waals surface area (Å²) >= 11 is 1.27. The van der Waals surface area contributed by atoms with E-state index < -0.39 is 0 Å². The van der Waals surface area contributed by atoms with E-state index in [4.69, 9.17) is 0 Å². The first-order valence-electron chi connectivity index (χ1n) is 7.07. The van der Waals surface area contributed by atoms with E-state index >= 15 is 0 Å². The Bertz CT molecular complexity index is 696. The van der Waals surface area contributed by atoms with E-state index in [0.717, 1.165) is 0 Å². The molecule has 0 aliphatic carbocycles. The number of carbonyl (C=O) groups is 2. The summed E-state index contributed by atoms with van der Waals surface area (Å²) in [6.45, 7) is 5.91. The molecular weight excluding hydrogens is 314 g/mol. The van der Waals surface area contributed by atoms with Crippen LogP contribution in [0.15, 0.2) is 42.1 Å². The van der Waals surface area contributed by atoms with Gasteiger partial charge in [-0.05, 0) is 34.7 Å². The van der Waals surface area contributed by atoms with Crippen molar-refractivity contribution in [2.75, 3.05) is 11.1 Å². The summed E-state index contributed by atoms with van der Waals surface area (Å²) < 4.78 is 1.58. The molecule has 0 aliphatic rings. The molecule has 0 radical (unpaired) electrons. The molecular formula is C15H17N5O2S. The highest BCUT2D eigenvalue weighted by Gasteiger charge is 2.11. The molecule has 0 unspecified atom stereocenters. The number of tetrazole rings is 1. The van der Waals surface area contributed by atoms with Gasteiger partial charge >= 0.3 is 0 Å². The van der Waals surface area contributed by atoms with Crippen molar-refractivity contribution < 1.29 is 9.59 Å². The van der Waals surface area contributed by atoms with Crippen LogP contribution in [0.5, 0.6) is 0 Å². The van der Waals surface area contributed by atoms with Crippen molar-refractivity contribution in [2.24, 2.45) is 0 Å². The molecule has 0 atom stereocenters. The number of Topliss-reactive ketones (excluding diaryl/α,β-unsaturated/α-hetero) is 1. The van der Waals surface area contributed by atoms with Crippen LogP contribution in [0.4, 0.5) is 5.69 Å². The summed E-state index contributed by atoms with van der Waals surface area (Å²) in [6, 6.07) is 6.82. The maximum atomic E-state index is 12.2. The molecule has 0 bridgehead atoms. The molecule has 1 aromatic carbocycles. The normalized spacial score (nSPS) is 10.3. The summed E-state index contributed by atoms with van der Waals surface area (Å²) in [5, 5.41) is 14.6. The molecule has 7 nitrogen and oxygen atoms in total. The molecule has 0 saturated heterocycles. The number of nitrogens with one attached hydrogen (secondary N) is 1. The molecule has 0 spiro atoms. The van der Waals surface area contributed by atoms with Crippen LogP contribution in [-0.2, 0) is 11.3 Å². The fraction of sp³-hybridized carbons (Fsp3) is 0.267. The number of benzene rings is 1. The van der Waals surface area contributed by atoms with Gasteiger partial charge in [-0.3, -0.25) is 9.59 Å². The molecule has 2 aromatic rings. The van der Waals surface area contributed by atoms with E-state index in [1.807, 2.05) is 0 Å². The predicted molar refractivity (Wildman–Crippen MR) is 88.4 cm³/mol. The topological polar surface area (TPSA) is 89.8 Å². The van der Waals surface area contributed by atoms with Gasteiger partial charge in [-0.2, -0.15) is 0 Å². The summed E-state index contributed by atoms with van der Waals surface area (Å²) in [5.74, 6) is 0.142. The second-order valence-electron chi connectivity index (χ2n) is 4.62. The quantitative estimate of drug-likeness (QED) is 0.453. The minimum absolute atomic E-state index is 0.0310. The highest BCUT2D eigenvalue weighted by molar-refractivity contribution is 7.99. The number of carbonyl (C=O) groups excluding carboxylic acids is 2. The number of allylic oxidation sites excluding steroid dienone is 1. The molecule has 1 amide bonds. The summed E-state index contributed by atoms with van der Waals surface area (Å²) in [7, 11) is 0. The lowest BCUT2D eigenvalue weighted by molar-refractivity contribution is -0.115. The van der Waals surface area contributed by atoms with Crippen molar-refractivity contribution in [1.29, 1.82) is 0 Å². The second kappa shape index (κ2) is 8.23. The third kappa shape index (κ3) is 4.75. The largest absolute Gasteiger partial charge is 0.326 e. The molecule has 120 valence electrons. The Morgan fingerprint density at radius 3 is 2.74 bits per heavy atom. The first kappa shape index (κ1) is 16.9. The van der Waals surface area contributed by atoms with Gasteiger partial charge in [-0.1, -0.05) is 24.8 Å². The standard InChI is InChI=1S/C15H17N5O2S/c1-3-9-20-15(17-18-19-20)23-10-13(21)11-5-7-12(8-6-11)16-14(22)4-2/h3,5-8H,1,4,9-10H2,2H3,(H,16,22). The van der Waals surface area contributed by atoms with E-state index in [1.54, 1.807) is 41.9 Å². The molecule has 1 aromatic heterocycles. The zero-order valence-electron chi connectivity index (χ0n) is 12.7. The Labute approximate surface area is 138 Å². The van der Waals surface area contributed by atoms with Crippen LogP contribution in [0.1, 0.15) is 23.7 Å². The third-order valence-corrected chi connectivity index (χ3v) is 3.90. The van der Waals surface area contributed by atoms with Crippen LogP contribution in [-0.4, -0.2) is 37.7 Å². The Kier molecular flexibility index (Phi) is 6.04. The second-order valence-corrected chi connectivity index (χ2v) is 5.57. The Balaban J connectivity index is 1.94. The first-order chi connectivity index (χ1) is 11.1. The molecule has 1 N–H and O–H groups in total. The number of anilines is 1. The smallest absolute Gasteiger partial charge is 0.224 e. The fourth-order valence-corrected chi connectivity index (χ4v) is 2.52. The number of aromatic nitrogens is 4. The van der Waals surface area contributed by atoms with Crippen molar-refractivity contribution in [3.63, 3.8) is 0 Å². The highest BCUT2D eigenvalue weighted by atomic mass is 32.2. The molecule has 8 heteroatoms. The van der Waals surface area contributed by atoms with Gasteiger partial charge in [0.15, 0.2) is 5.78 Å². The van der Waals surface area contributed by atoms with Gasteiger partial charge in [0.05, 0.1) is 12.3 Å². The van der Waals surface area contributed by atoms with Crippen LogP contribution in [0.25, 0.3) is 0 Å². The van der Waals surface area contributed by atoms with E-state index in [2.05, 4.69) is 27.4 Å². The summed E-state index contributed by atoms with van der Waals surface area (Å²) in [6.07, 6.45) is 2.10. The van der Waals surface area contributed by atoms with Crippen molar-refractivity contribution in [3.05, 3.63) is 42.5 Å². The zero-order valence-corrected chi connectivity index (χ0v) is 13.5. The Hall–Kier alpha value is -2.48. The van der Waals surface area contributed by atoms with Gasteiger partial charge in [0.1, 0.15) is 0 Å². The fourth-order valence-electron chi connectivity index (χ4n) is 1.74. The van der Waals surface area contributed by atoms with E-state index in [9.17, 15) is 9.59 Å². The lowest BCUT2D eigenvalue weighted by Gasteiger charge is -2.05. The molecule has 2 rings (SSSR count). The highest BCUT2D eigenvalue weighted by Crippen LogP contribution is 2.17. The van der Waals surface area contributed by atoms with E-state index in [1.165, 1.54) is 11.8 Å². The average molecular weight is 331 g/mol. The lowest BCUT2D eigenvalue weighted by atomic mass is 10.1. The predicted octanol–water partition coefficient (Wildman–Crippen LogP) is 2.18. The van der Waals surface area contributed by atoms with Crippen LogP contribution in [0.2, 0.25) is 0 Å². The van der Waals surface area contributed by atoms with E-state index in [-0.39, 0.29) is 17.4 Å². The summed E-state index contributed by atoms with van der Waals surface area (Å²) in [5.41, 5.74) is 1.26. The Morgan fingerprint density at radius 1 is 1.35 bits per heavy atom. The molecule has 1 heterocycles. The van der Waals surface area contributed by atoms with Gasteiger partial charge in [-0.25, -0.2) is 4.68 Å². The maximum absolute atomic E-state index is 12.2. The lowest BCUT2D eigenvalue weighted by Crippen LogP contribution is -2.10. The van der Waals surface area contributed by atoms with Gasteiger partial charge in [0.25, 0.3) is 0 Å². The minimum Gasteiger partial charge on any atom is -0.326 e. The molecule has 23 heavy (non-hydrogen) atoms. The maximum Gasteiger partial charge on any atom is 0.224 e. The van der Waals surface area contributed by atoms with Gasteiger partial charge < -0.3 is 5.32 Å². The first-order valence-corrected chi connectivity index (χ1v) is 8.05. The number of nitrogens with zero attached hydrogens (tertiary/aromatic N) is 4. The van der Waals surface area contributed by atoms with Crippen LogP contribution in [0.3, 0.4) is 0 Å². The number of rotatable bonds is 8. The van der Waals surface area contributed by atoms with Crippen molar-refractivity contribution in [3.8, 4) is 0 Å². The van der Waals surface area contributed by atoms with E-state index in [0.29, 0.717) is 29.4 Å². The van der Waals surface area contributed by atoms with Crippen LogP contribution >= 0.6 is 11.8 Å². The van der Waals surface area contributed by atoms with Crippen molar-refractivity contribution in [2.45, 2.75) is 25.0 Å². The molecule has 0 fully saturated rings. The minimum atomic E-state index is -0.0614. The summed E-state index contributed by atoms with van der Waals surface area (Å²) in [4.78, 5) is 23.5. The number of hydrogen-bond acceptors (Lipinski definition) is 6. The average Bonchev–Trinajstić information content (AvgIpc) is 3.01. The third-order valence-electron chi connectivity index (χ3n) is 2.95. The van der Waals surface area contributed by atoms with Crippen LogP contribution in [0, 0.1) is 0 Å². The van der Waals surface area contributed by atoms with Crippen LogP contribution < -0.4 is 5.32 Å². The van der Waals surface area contributed by atoms with Gasteiger partial charge in [-0.15, -0.1) is 11.7 Å². The molecule has 0 aliphatic heterocycles. The number of ketones is 1. The number of amides is 1. The monoisotopic (exact) mass is 331 g/mol. The zero-order chi connectivity index (χ0) is 16.7. The SMILES string of the molecule is C=CCn1nnnc1SCC(=O)c1ccc(NC(=O)CC)cc1. The number of thioether (sulfide) groups is 1. The Morgan fingerprint density at radius 2 is 2.09 bits per heavy atom. The number of hydrogen-bond donors (Lipinski definition) is 1. The van der Waals surface area contributed by atoms with Gasteiger partial charge in [0, 0.05) is 17.7 Å². The molecule has 0 saturated carbocycles. The van der Waals surface area contributed by atoms with Crippen molar-refractivity contribution >= 4 is 29.1 Å². The van der Waals surface area contributed by atoms with Crippen molar-refractivity contribution in [1.82, 2.24) is 20.2 Å².